The second-order valence-electron chi connectivity index (χ2n) is 7.34. The largest absolute Gasteiger partial charge is 0.496 e. The first kappa shape index (κ1) is 17.2. The van der Waals surface area contributed by atoms with E-state index in [9.17, 15) is 9.90 Å². The van der Waals surface area contributed by atoms with Crippen LogP contribution in [0.1, 0.15) is 49.4 Å². The SMILES string of the molecule is COc1ccccc1C(=O)NC[C@H]1C[C@@]2(C)[C@@H](O)CCCC[C@H]2N1. The Bertz CT molecular complexity index is 592. The van der Waals surface area contributed by atoms with Gasteiger partial charge in [0.2, 0.25) is 0 Å². The number of amides is 1. The summed E-state index contributed by atoms with van der Waals surface area (Å²) in [5.74, 6) is 0.467. The lowest BCUT2D eigenvalue weighted by molar-refractivity contribution is 0.0281. The van der Waals surface area contributed by atoms with Gasteiger partial charge in [0.05, 0.1) is 18.8 Å². The minimum atomic E-state index is -0.257. The molecule has 1 aliphatic carbocycles. The van der Waals surface area contributed by atoms with Gasteiger partial charge < -0.3 is 20.5 Å². The molecule has 0 radical (unpaired) electrons. The molecule has 4 atom stereocenters. The van der Waals surface area contributed by atoms with Gasteiger partial charge in [0, 0.05) is 24.0 Å². The smallest absolute Gasteiger partial charge is 0.255 e. The van der Waals surface area contributed by atoms with E-state index in [1.165, 1.54) is 0 Å². The van der Waals surface area contributed by atoms with Crippen LogP contribution in [0.3, 0.4) is 0 Å². The number of carbonyl (C=O) groups excluding carboxylic acids is 1. The fourth-order valence-corrected chi connectivity index (χ4v) is 4.28. The molecule has 1 aliphatic heterocycles. The second kappa shape index (κ2) is 7.11. The van der Waals surface area contributed by atoms with Crippen LogP contribution in [-0.2, 0) is 0 Å². The topological polar surface area (TPSA) is 70.6 Å². The van der Waals surface area contributed by atoms with E-state index in [-0.39, 0.29) is 23.5 Å². The Morgan fingerprint density at radius 3 is 2.92 bits per heavy atom. The van der Waals surface area contributed by atoms with Crippen LogP contribution in [0.5, 0.6) is 5.75 Å². The van der Waals surface area contributed by atoms with Crippen LogP contribution in [0.4, 0.5) is 0 Å². The summed E-state index contributed by atoms with van der Waals surface area (Å²) in [6.45, 7) is 2.75. The monoisotopic (exact) mass is 332 g/mol. The van der Waals surface area contributed by atoms with Crippen LogP contribution >= 0.6 is 0 Å². The number of hydrogen-bond acceptors (Lipinski definition) is 4. The number of rotatable bonds is 4. The zero-order chi connectivity index (χ0) is 17.2. The van der Waals surface area contributed by atoms with Crippen LogP contribution < -0.4 is 15.4 Å². The van der Waals surface area contributed by atoms with E-state index in [1.807, 2.05) is 12.1 Å². The van der Waals surface area contributed by atoms with Crippen LogP contribution in [0.2, 0.25) is 0 Å². The molecule has 2 aliphatic rings. The van der Waals surface area contributed by atoms with Crippen molar-refractivity contribution in [3.63, 3.8) is 0 Å². The number of ether oxygens (including phenoxy) is 1. The summed E-state index contributed by atoms with van der Waals surface area (Å²) in [7, 11) is 1.57. The summed E-state index contributed by atoms with van der Waals surface area (Å²) in [6, 6.07) is 7.78. The highest BCUT2D eigenvalue weighted by Crippen LogP contribution is 2.43. The minimum absolute atomic E-state index is 0.0870. The third-order valence-electron chi connectivity index (χ3n) is 5.76. The number of hydrogen-bond donors (Lipinski definition) is 3. The maximum Gasteiger partial charge on any atom is 0.255 e. The first-order chi connectivity index (χ1) is 11.5. The Balaban J connectivity index is 1.61. The molecule has 0 spiro atoms. The maximum atomic E-state index is 12.4. The molecule has 1 saturated carbocycles. The quantitative estimate of drug-likeness (QED) is 0.790. The fourth-order valence-electron chi connectivity index (χ4n) is 4.28. The zero-order valence-electron chi connectivity index (χ0n) is 14.5. The Labute approximate surface area is 143 Å². The van der Waals surface area contributed by atoms with Crippen molar-refractivity contribution in [2.24, 2.45) is 5.41 Å². The molecular formula is C19H28N2O3. The fraction of sp³-hybridized carbons (Fsp3) is 0.632. The highest BCUT2D eigenvalue weighted by molar-refractivity contribution is 5.96. The van der Waals surface area contributed by atoms with E-state index < -0.39 is 0 Å². The van der Waals surface area contributed by atoms with Crippen molar-refractivity contribution in [3.8, 4) is 5.75 Å². The van der Waals surface area contributed by atoms with E-state index >= 15 is 0 Å². The van der Waals surface area contributed by atoms with Crippen LogP contribution in [-0.4, -0.2) is 42.9 Å². The van der Waals surface area contributed by atoms with Gasteiger partial charge in [-0.3, -0.25) is 4.79 Å². The zero-order valence-corrected chi connectivity index (χ0v) is 14.5. The number of nitrogens with one attached hydrogen (secondary N) is 2. The summed E-state index contributed by atoms with van der Waals surface area (Å²) >= 11 is 0. The van der Waals surface area contributed by atoms with E-state index in [4.69, 9.17) is 4.74 Å². The number of methoxy groups -OCH3 is 1. The molecule has 5 heteroatoms. The average molecular weight is 332 g/mol. The van der Waals surface area contributed by atoms with Crippen molar-refractivity contribution in [1.82, 2.24) is 10.6 Å². The minimum Gasteiger partial charge on any atom is -0.496 e. The van der Waals surface area contributed by atoms with Crippen molar-refractivity contribution in [2.45, 2.75) is 57.2 Å². The van der Waals surface area contributed by atoms with Crippen LogP contribution in [0.25, 0.3) is 0 Å². The molecule has 5 nitrogen and oxygen atoms in total. The Kier molecular flexibility index (Phi) is 5.11. The molecule has 2 fully saturated rings. The summed E-state index contributed by atoms with van der Waals surface area (Å²) in [4.78, 5) is 12.4. The third-order valence-corrected chi connectivity index (χ3v) is 5.76. The number of benzene rings is 1. The molecule has 1 amide bonds. The maximum absolute atomic E-state index is 12.4. The Morgan fingerprint density at radius 2 is 2.12 bits per heavy atom. The lowest BCUT2D eigenvalue weighted by Crippen LogP contribution is -2.43. The van der Waals surface area contributed by atoms with Gasteiger partial charge in [0.1, 0.15) is 5.75 Å². The highest BCUT2D eigenvalue weighted by atomic mass is 16.5. The molecule has 1 aromatic rings. The summed E-state index contributed by atoms with van der Waals surface area (Å²) in [5.41, 5.74) is 0.467. The third kappa shape index (κ3) is 3.28. The number of carbonyl (C=O) groups is 1. The molecule has 3 N–H and O–H groups in total. The van der Waals surface area contributed by atoms with Crippen molar-refractivity contribution >= 4 is 5.91 Å². The first-order valence-corrected chi connectivity index (χ1v) is 8.90. The van der Waals surface area contributed by atoms with Gasteiger partial charge in [-0.15, -0.1) is 0 Å². The van der Waals surface area contributed by atoms with Crippen LogP contribution in [0, 0.1) is 5.41 Å². The normalized spacial score (nSPS) is 32.7. The van der Waals surface area contributed by atoms with Gasteiger partial charge in [-0.25, -0.2) is 0 Å². The molecule has 24 heavy (non-hydrogen) atoms. The molecule has 0 unspecified atom stereocenters. The molecule has 0 aromatic heterocycles. The van der Waals surface area contributed by atoms with Crippen molar-refractivity contribution in [3.05, 3.63) is 29.8 Å². The van der Waals surface area contributed by atoms with Gasteiger partial charge >= 0.3 is 0 Å². The van der Waals surface area contributed by atoms with Gasteiger partial charge in [-0.05, 0) is 31.4 Å². The van der Waals surface area contributed by atoms with Crippen molar-refractivity contribution in [1.29, 1.82) is 0 Å². The molecule has 1 heterocycles. The van der Waals surface area contributed by atoms with Crippen LogP contribution in [0.15, 0.2) is 24.3 Å². The summed E-state index contributed by atoms with van der Waals surface area (Å²) in [5, 5.41) is 17.2. The van der Waals surface area contributed by atoms with Gasteiger partial charge in [0.15, 0.2) is 0 Å². The van der Waals surface area contributed by atoms with E-state index in [1.54, 1.807) is 19.2 Å². The van der Waals surface area contributed by atoms with E-state index in [2.05, 4.69) is 17.6 Å². The van der Waals surface area contributed by atoms with Gasteiger partial charge in [-0.1, -0.05) is 31.9 Å². The number of aliphatic hydroxyl groups excluding tert-OH is 1. The number of fused-ring (bicyclic) bond motifs is 1. The predicted octanol–water partition coefficient (Wildman–Crippen LogP) is 2.10. The number of aliphatic hydroxyl groups is 1. The Hall–Kier alpha value is -1.59. The predicted molar refractivity (Wildman–Crippen MR) is 93.2 cm³/mol. The van der Waals surface area contributed by atoms with Gasteiger partial charge in [0.25, 0.3) is 5.91 Å². The molecule has 0 bridgehead atoms. The van der Waals surface area contributed by atoms with E-state index in [0.29, 0.717) is 23.9 Å². The van der Waals surface area contributed by atoms with Crippen molar-refractivity contribution < 1.29 is 14.6 Å². The average Bonchev–Trinajstić information content (AvgIpc) is 2.86. The number of para-hydroxylation sites is 1. The summed E-state index contributed by atoms with van der Waals surface area (Å²) in [6.07, 6.45) is 4.88. The van der Waals surface area contributed by atoms with Crippen molar-refractivity contribution in [2.75, 3.05) is 13.7 Å². The highest BCUT2D eigenvalue weighted by Gasteiger charge is 2.48. The molecule has 3 rings (SSSR count). The standard InChI is InChI=1S/C19H28N2O3/c1-19-11-13(21-16(19)9-5-6-10-17(19)22)12-20-18(23)14-7-3-4-8-15(14)24-2/h3-4,7-8,13,16-17,21-22H,5-6,9-12H2,1-2H3,(H,20,23)/t13-,16-,17+,19-/m1/s1. The lowest BCUT2D eigenvalue weighted by Gasteiger charge is -2.33. The first-order valence-electron chi connectivity index (χ1n) is 8.90. The Morgan fingerprint density at radius 1 is 1.38 bits per heavy atom. The van der Waals surface area contributed by atoms with E-state index in [0.717, 1.165) is 32.1 Å². The van der Waals surface area contributed by atoms with Gasteiger partial charge in [-0.2, -0.15) is 0 Å². The second-order valence-corrected chi connectivity index (χ2v) is 7.34. The molecule has 1 saturated heterocycles. The lowest BCUT2D eigenvalue weighted by atomic mass is 9.75. The molecule has 1 aromatic carbocycles. The summed E-state index contributed by atoms with van der Waals surface area (Å²) < 4.78 is 5.25. The molecule has 132 valence electrons. The molecular weight excluding hydrogens is 304 g/mol.